The summed E-state index contributed by atoms with van der Waals surface area (Å²) in [6.45, 7) is 6.77. The molecule has 76 heavy (non-hydrogen) atoms. The Bertz CT molecular complexity index is 1580. The van der Waals surface area contributed by atoms with Crippen molar-refractivity contribution in [3.63, 3.8) is 0 Å². The monoisotopic (exact) mass is 1080 g/mol. The number of rotatable bonds is 56. The highest BCUT2D eigenvalue weighted by Gasteiger charge is 2.27. The summed E-state index contributed by atoms with van der Waals surface area (Å²) < 4.78 is 30.3. The second kappa shape index (κ2) is 55.5. The standard InChI is InChI=1S/C66H119N2O7P/c1-7-10-13-16-19-22-25-28-30-32-34-36-38-40-43-46-49-52-55-58-65(69)67-63(62-74-76(71,72)73-61-60-68(4,5)6)64(57-54-51-48-45-42-27-24-21-18-15-12-9-3)75-66(70)59-56-53-50-47-44-41-39-37-35-33-31-29-26-23-20-17-14-11-8-2/h19-20,22-23,28-31,35,37,41,44,54,57,63-64H,7-18,21,24-27,32-34,36,38-40,42-43,45-53,55-56,58-62H2,1-6H3,(H-,67,69,71,72)/b22-19-,23-20-,30-28-,31-29-,37-35-,44-41-,57-54+. The van der Waals surface area contributed by atoms with Crippen LogP contribution in [0, 0.1) is 0 Å². The van der Waals surface area contributed by atoms with Crippen LogP contribution in [0.4, 0.5) is 0 Å². The second-order valence-electron chi connectivity index (χ2n) is 22.2. The van der Waals surface area contributed by atoms with Crippen molar-refractivity contribution in [3.8, 4) is 0 Å². The molecular weight excluding hydrogens is 964 g/mol. The Morgan fingerprint density at radius 3 is 1.24 bits per heavy atom. The predicted octanol–water partition coefficient (Wildman–Crippen LogP) is 18.8. The smallest absolute Gasteiger partial charge is 0.306 e. The minimum atomic E-state index is -4.71. The number of nitrogens with zero attached hydrogens (tertiary/aromatic N) is 1. The quantitative estimate of drug-likeness (QED) is 0.0212. The summed E-state index contributed by atoms with van der Waals surface area (Å²) in [5.74, 6) is -0.582. The number of phosphoric acid groups is 1. The number of carbonyl (C=O) groups is 2. The van der Waals surface area contributed by atoms with Crippen LogP contribution in [0.2, 0.25) is 0 Å². The molecule has 1 amide bonds. The number of quaternary nitrogens is 1. The molecule has 0 saturated carbocycles. The van der Waals surface area contributed by atoms with Gasteiger partial charge in [0.1, 0.15) is 19.3 Å². The van der Waals surface area contributed by atoms with Gasteiger partial charge in [-0.05, 0) is 109 Å². The normalized spacial score (nSPS) is 14.2. The third kappa shape index (κ3) is 55.9. The van der Waals surface area contributed by atoms with E-state index >= 15 is 0 Å². The number of nitrogens with one attached hydrogen (secondary N) is 1. The minimum absolute atomic E-state index is 0.0317. The van der Waals surface area contributed by atoms with Crippen LogP contribution in [0.25, 0.3) is 0 Å². The molecule has 0 aromatic rings. The number of amides is 1. The first-order valence-electron chi connectivity index (χ1n) is 31.4. The molecule has 0 heterocycles. The largest absolute Gasteiger partial charge is 0.756 e. The molecule has 440 valence electrons. The fourth-order valence-electron chi connectivity index (χ4n) is 8.65. The fraction of sp³-hybridized carbons (Fsp3) is 0.758. The van der Waals surface area contributed by atoms with Gasteiger partial charge < -0.3 is 28.5 Å². The van der Waals surface area contributed by atoms with Gasteiger partial charge in [-0.3, -0.25) is 14.2 Å². The number of ether oxygens (including phenoxy) is 1. The van der Waals surface area contributed by atoms with Crippen LogP contribution in [0.15, 0.2) is 85.1 Å². The van der Waals surface area contributed by atoms with Gasteiger partial charge in [-0.15, -0.1) is 0 Å². The van der Waals surface area contributed by atoms with Crippen molar-refractivity contribution < 1.29 is 37.3 Å². The molecule has 3 atom stereocenters. The maximum absolute atomic E-state index is 13.5. The minimum Gasteiger partial charge on any atom is -0.756 e. The van der Waals surface area contributed by atoms with Crippen LogP contribution < -0.4 is 10.2 Å². The van der Waals surface area contributed by atoms with Crippen molar-refractivity contribution in [3.05, 3.63) is 85.1 Å². The molecule has 0 spiro atoms. The molecule has 0 aliphatic rings. The van der Waals surface area contributed by atoms with E-state index in [-0.39, 0.29) is 24.9 Å². The highest BCUT2D eigenvalue weighted by atomic mass is 31.2. The first-order chi connectivity index (χ1) is 36.9. The van der Waals surface area contributed by atoms with Gasteiger partial charge in [0.2, 0.25) is 5.91 Å². The predicted molar refractivity (Wildman–Crippen MR) is 325 cm³/mol. The number of hydrogen-bond acceptors (Lipinski definition) is 7. The lowest BCUT2D eigenvalue weighted by Crippen LogP contribution is -2.47. The van der Waals surface area contributed by atoms with Crippen molar-refractivity contribution in [2.75, 3.05) is 40.9 Å². The van der Waals surface area contributed by atoms with Gasteiger partial charge in [0.15, 0.2) is 0 Å². The Balaban J connectivity index is 5.32. The fourth-order valence-corrected chi connectivity index (χ4v) is 9.38. The van der Waals surface area contributed by atoms with Crippen LogP contribution in [0.1, 0.15) is 271 Å². The highest BCUT2D eigenvalue weighted by molar-refractivity contribution is 7.45. The van der Waals surface area contributed by atoms with E-state index in [1.807, 2.05) is 33.3 Å². The van der Waals surface area contributed by atoms with Crippen LogP contribution in [-0.2, 0) is 27.9 Å². The molecule has 0 radical (unpaired) electrons. The molecule has 0 aromatic heterocycles. The zero-order chi connectivity index (χ0) is 55.7. The lowest BCUT2D eigenvalue weighted by molar-refractivity contribution is -0.870. The van der Waals surface area contributed by atoms with E-state index in [9.17, 15) is 19.0 Å². The molecule has 1 N–H and O–H groups in total. The average Bonchev–Trinajstić information content (AvgIpc) is 3.38. The topological polar surface area (TPSA) is 114 Å². The molecule has 0 fully saturated rings. The van der Waals surface area contributed by atoms with Crippen molar-refractivity contribution >= 4 is 19.7 Å². The Kier molecular flexibility index (Phi) is 53.5. The Morgan fingerprint density at radius 2 is 0.803 bits per heavy atom. The van der Waals surface area contributed by atoms with Crippen LogP contribution in [0.3, 0.4) is 0 Å². The number of carbonyl (C=O) groups excluding carboxylic acids is 2. The number of esters is 1. The number of phosphoric ester groups is 1. The van der Waals surface area contributed by atoms with Gasteiger partial charge >= 0.3 is 5.97 Å². The van der Waals surface area contributed by atoms with Crippen molar-refractivity contribution in [2.24, 2.45) is 0 Å². The summed E-state index contributed by atoms with van der Waals surface area (Å²) in [5, 5.41) is 3.02. The zero-order valence-corrected chi connectivity index (χ0v) is 51.1. The maximum Gasteiger partial charge on any atom is 0.306 e. The summed E-state index contributed by atoms with van der Waals surface area (Å²) in [6.07, 6.45) is 72.6. The molecule has 3 unspecified atom stereocenters. The summed E-state index contributed by atoms with van der Waals surface area (Å²) in [4.78, 5) is 40.0. The molecule has 10 heteroatoms. The van der Waals surface area contributed by atoms with Crippen LogP contribution in [0.5, 0.6) is 0 Å². The lowest BCUT2D eigenvalue weighted by Gasteiger charge is -2.30. The van der Waals surface area contributed by atoms with Crippen molar-refractivity contribution in [1.82, 2.24) is 5.32 Å². The average molecular weight is 1080 g/mol. The first kappa shape index (κ1) is 73.2. The molecular formula is C66H119N2O7P. The van der Waals surface area contributed by atoms with Gasteiger partial charge in [0, 0.05) is 12.8 Å². The van der Waals surface area contributed by atoms with Crippen molar-refractivity contribution in [1.29, 1.82) is 0 Å². The Morgan fingerprint density at radius 1 is 0.461 bits per heavy atom. The van der Waals surface area contributed by atoms with Gasteiger partial charge in [-0.25, -0.2) is 0 Å². The van der Waals surface area contributed by atoms with E-state index in [1.54, 1.807) is 0 Å². The number of likely N-dealkylation sites (N-methyl/N-ethyl adjacent to an activating group) is 1. The van der Waals surface area contributed by atoms with E-state index in [0.717, 1.165) is 96.3 Å². The van der Waals surface area contributed by atoms with E-state index in [2.05, 4.69) is 99.0 Å². The number of allylic oxidation sites excluding steroid dienone is 13. The number of unbranched alkanes of at least 4 members (excludes halogenated alkanes) is 28. The highest BCUT2D eigenvalue weighted by Crippen LogP contribution is 2.38. The van der Waals surface area contributed by atoms with E-state index in [0.29, 0.717) is 23.9 Å². The third-order valence-electron chi connectivity index (χ3n) is 13.5. The second-order valence-corrected chi connectivity index (χ2v) is 23.6. The van der Waals surface area contributed by atoms with Crippen molar-refractivity contribution in [2.45, 2.75) is 283 Å². The van der Waals surface area contributed by atoms with E-state index < -0.39 is 26.6 Å². The molecule has 0 aliphatic carbocycles. The zero-order valence-electron chi connectivity index (χ0n) is 50.2. The summed E-state index contributed by atoms with van der Waals surface area (Å²) in [7, 11) is 1.16. The van der Waals surface area contributed by atoms with Crippen LogP contribution in [-0.4, -0.2) is 69.4 Å². The first-order valence-corrected chi connectivity index (χ1v) is 32.9. The molecule has 0 bridgehead atoms. The lowest BCUT2D eigenvalue weighted by atomic mass is 10.0. The van der Waals surface area contributed by atoms with Crippen LogP contribution >= 0.6 is 7.82 Å². The summed E-state index contributed by atoms with van der Waals surface area (Å²) in [5.41, 5.74) is 0. The summed E-state index contributed by atoms with van der Waals surface area (Å²) >= 11 is 0. The summed E-state index contributed by atoms with van der Waals surface area (Å²) in [6, 6.07) is -0.908. The SMILES string of the molecule is CCCCC/C=C\C/C=C\C/C=C\C/C=C\CCCCCC(=O)OC(/C=C/CCCCCCCCCCCC)C(COP(=O)([O-])OCC[N+](C)(C)C)NC(=O)CCCCCCCCCCC/C=C\C/C=C\CCCCC. The molecule has 0 aliphatic heterocycles. The Labute approximate surface area is 469 Å². The third-order valence-corrected chi connectivity index (χ3v) is 14.5. The molecule has 0 aromatic carbocycles. The Hall–Kier alpha value is -2.81. The maximum atomic E-state index is 13.5. The molecule has 0 rings (SSSR count). The van der Waals surface area contributed by atoms with Gasteiger partial charge in [0.25, 0.3) is 7.82 Å². The van der Waals surface area contributed by atoms with Gasteiger partial charge in [-0.1, -0.05) is 235 Å². The molecule has 9 nitrogen and oxygen atoms in total. The van der Waals surface area contributed by atoms with E-state index in [4.69, 9.17) is 13.8 Å². The van der Waals surface area contributed by atoms with Gasteiger partial charge in [-0.2, -0.15) is 0 Å². The number of hydrogen-bond donors (Lipinski definition) is 1. The molecule has 0 saturated heterocycles. The van der Waals surface area contributed by atoms with Gasteiger partial charge in [0.05, 0.1) is 33.8 Å². The van der Waals surface area contributed by atoms with E-state index in [1.165, 1.54) is 135 Å².